The highest BCUT2D eigenvalue weighted by atomic mass is 16.5. The largest absolute Gasteiger partial charge is 0.476 e. The third kappa shape index (κ3) is 2.55. The molecule has 2 N–H and O–H groups in total. The van der Waals surface area contributed by atoms with Crippen LogP contribution in [0.4, 0.5) is 5.95 Å². The highest BCUT2D eigenvalue weighted by Crippen LogP contribution is 2.27. The molecule has 0 radical (unpaired) electrons. The molecule has 0 spiro atoms. The fourth-order valence-electron chi connectivity index (χ4n) is 2.85. The molecule has 0 aliphatic heterocycles. The maximum Gasteiger partial charge on any atom is 0.245 e. The van der Waals surface area contributed by atoms with Gasteiger partial charge in [-0.3, -0.25) is 0 Å². The van der Waals surface area contributed by atoms with Gasteiger partial charge in [0.05, 0.1) is 12.9 Å². The van der Waals surface area contributed by atoms with E-state index in [-0.39, 0.29) is 5.95 Å². The number of imidazole rings is 1. The predicted octanol–water partition coefficient (Wildman–Crippen LogP) is 2.39. The van der Waals surface area contributed by atoms with Crippen LogP contribution in [-0.4, -0.2) is 26.1 Å². The van der Waals surface area contributed by atoms with E-state index < -0.39 is 0 Å². The van der Waals surface area contributed by atoms with E-state index >= 15 is 0 Å². The summed E-state index contributed by atoms with van der Waals surface area (Å²) in [6.07, 6.45) is 8.22. The van der Waals surface area contributed by atoms with Gasteiger partial charge in [-0.15, -0.1) is 0 Å². The van der Waals surface area contributed by atoms with Gasteiger partial charge < -0.3 is 15.0 Å². The van der Waals surface area contributed by atoms with Gasteiger partial charge in [0.25, 0.3) is 0 Å². The number of hydrogen-bond donors (Lipinski definition) is 1. The zero-order chi connectivity index (χ0) is 13.9. The molecule has 0 amide bonds. The maximum atomic E-state index is 5.95. The van der Waals surface area contributed by atoms with E-state index in [2.05, 4.69) is 21.9 Å². The molecule has 2 heterocycles. The average Bonchev–Trinajstić information content (AvgIpc) is 2.88. The third-order valence-corrected chi connectivity index (χ3v) is 3.98. The number of nitrogen functional groups attached to an aromatic ring is 1. The molecule has 6 nitrogen and oxygen atoms in total. The van der Waals surface area contributed by atoms with Gasteiger partial charge >= 0.3 is 0 Å². The van der Waals surface area contributed by atoms with Crippen LogP contribution >= 0.6 is 0 Å². The fourth-order valence-corrected chi connectivity index (χ4v) is 2.85. The summed E-state index contributed by atoms with van der Waals surface area (Å²) in [5.74, 6) is 1.42. The molecule has 6 heteroatoms. The minimum absolute atomic E-state index is 0.220. The predicted molar refractivity (Wildman–Crippen MR) is 77.5 cm³/mol. The van der Waals surface area contributed by atoms with E-state index in [0.29, 0.717) is 24.1 Å². The Kier molecular flexibility index (Phi) is 3.71. The molecule has 20 heavy (non-hydrogen) atoms. The van der Waals surface area contributed by atoms with Crippen molar-refractivity contribution in [3.05, 3.63) is 6.33 Å². The standard InChI is InChI=1S/C14H21N5O/c1-2-19-9-16-12-11(19)13(18-14(15)17-12)20-8-10-6-4-3-5-7-10/h9-10H,2-8H2,1H3,(H2,15,17,18). The van der Waals surface area contributed by atoms with E-state index in [1.807, 2.05) is 4.57 Å². The van der Waals surface area contributed by atoms with E-state index in [1.54, 1.807) is 6.33 Å². The summed E-state index contributed by atoms with van der Waals surface area (Å²) in [4.78, 5) is 12.7. The summed E-state index contributed by atoms with van der Waals surface area (Å²) in [6, 6.07) is 0. The second-order valence-corrected chi connectivity index (χ2v) is 5.40. The molecular formula is C14H21N5O. The van der Waals surface area contributed by atoms with Gasteiger partial charge in [0.2, 0.25) is 11.8 Å². The van der Waals surface area contributed by atoms with Gasteiger partial charge in [0.15, 0.2) is 11.2 Å². The van der Waals surface area contributed by atoms with Crippen molar-refractivity contribution in [3.63, 3.8) is 0 Å². The number of hydrogen-bond acceptors (Lipinski definition) is 5. The van der Waals surface area contributed by atoms with E-state index in [4.69, 9.17) is 10.5 Å². The number of fused-ring (bicyclic) bond motifs is 1. The number of ether oxygens (including phenoxy) is 1. The first-order valence-electron chi connectivity index (χ1n) is 7.39. The number of rotatable bonds is 4. The van der Waals surface area contributed by atoms with Crippen molar-refractivity contribution < 1.29 is 4.74 Å². The average molecular weight is 275 g/mol. The number of aryl methyl sites for hydroxylation is 1. The van der Waals surface area contributed by atoms with Crippen molar-refractivity contribution in [2.75, 3.05) is 12.3 Å². The second kappa shape index (κ2) is 5.64. The lowest BCUT2D eigenvalue weighted by molar-refractivity contribution is 0.204. The molecule has 0 saturated heterocycles. The molecular weight excluding hydrogens is 254 g/mol. The summed E-state index contributed by atoms with van der Waals surface area (Å²) in [5, 5.41) is 0. The van der Waals surface area contributed by atoms with Gasteiger partial charge in [-0.05, 0) is 25.7 Å². The first-order chi connectivity index (χ1) is 9.78. The zero-order valence-electron chi connectivity index (χ0n) is 11.9. The fraction of sp³-hybridized carbons (Fsp3) is 0.643. The van der Waals surface area contributed by atoms with Gasteiger partial charge in [-0.1, -0.05) is 19.3 Å². The zero-order valence-corrected chi connectivity index (χ0v) is 11.9. The summed E-state index contributed by atoms with van der Waals surface area (Å²) in [6.45, 7) is 3.58. The van der Waals surface area contributed by atoms with Crippen LogP contribution in [0.2, 0.25) is 0 Å². The van der Waals surface area contributed by atoms with Gasteiger partial charge in [0.1, 0.15) is 0 Å². The minimum atomic E-state index is 0.220. The quantitative estimate of drug-likeness (QED) is 0.926. The topological polar surface area (TPSA) is 78.9 Å². The van der Waals surface area contributed by atoms with E-state index in [9.17, 15) is 0 Å². The van der Waals surface area contributed by atoms with Crippen LogP contribution in [0.25, 0.3) is 11.2 Å². The molecule has 1 aliphatic rings. The highest BCUT2D eigenvalue weighted by molar-refractivity contribution is 5.77. The Morgan fingerprint density at radius 2 is 2.10 bits per heavy atom. The molecule has 3 rings (SSSR count). The van der Waals surface area contributed by atoms with Crippen LogP contribution in [0.15, 0.2) is 6.33 Å². The van der Waals surface area contributed by atoms with E-state index in [0.717, 1.165) is 12.1 Å². The number of aromatic nitrogens is 4. The van der Waals surface area contributed by atoms with Crippen LogP contribution in [-0.2, 0) is 6.54 Å². The Morgan fingerprint density at radius 1 is 1.30 bits per heavy atom. The first-order valence-corrected chi connectivity index (χ1v) is 7.39. The molecule has 0 unspecified atom stereocenters. The van der Waals surface area contributed by atoms with Crippen molar-refractivity contribution in [1.29, 1.82) is 0 Å². The SMILES string of the molecule is CCn1cnc2nc(N)nc(OCC3CCCCC3)c21. The second-order valence-electron chi connectivity index (χ2n) is 5.40. The number of nitrogens with zero attached hydrogens (tertiary/aromatic N) is 4. The lowest BCUT2D eigenvalue weighted by Crippen LogP contribution is -2.16. The summed E-state index contributed by atoms with van der Waals surface area (Å²) in [7, 11) is 0. The van der Waals surface area contributed by atoms with Gasteiger partial charge in [-0.25, -0.2) is 4.98 Å². The normalized spacial score (nSPS) is 16.6. The van der Waals surface area contributed by atoms with Crippen LogP contribution in [0.5, 0.6) is 5.88 Å². The van der Waals surface area contributed by atoms with Crippen molar-refractivity contribution >= 4 is 17.1 Å². The Hall–Kier alpha value is -1.85. The van der Waals surface area contributed by atoms with Crippen molar-refractivity contribution in [3.8, 4) is 5.88 Å². The Labute approximate surface area is 118 Å². The number of nitrogens with two attached hydrogens (primary N) is 1. The molecule has 2 aromatic rings. The Morgan fingerprint density at radius 3 is 2.85 bits per heavy atom. The molecule has 108 valence electrons. The highest BCUT2D eigenvalue weighted by Gasteiger charge is 2.17. The molecule has 0 aromatic carbocycles. The summed E-state index contributed by atoms with van der Waals surface area (Å²) in [5.41, 5.74) is 7.19. The van der Waals surface area contributed by atoms with Gasteiger partial charge in [0, 0.05) is 6.54 Å². The molecule has 1 aliphatic carbocycles. The molecule has 0 atom stereocenters. The monoisotopic (exact) mass is 275 g/mol. The smallest absolute Gasteiger partial charge is 0.245 e. The van der Waals surface area contributed by atoms with Crippen molar-refractivity contribution in [1.82, 2.24) is 19.5 Å². The van der Waals surface area contributed by atoms with Crippen LogP contribution in [0.1, 0.15) is 39.0 Å². The lowest BCUT2D eigenvalue weighted by atomic mass is 9.90. The molecule has 0 bridgehead atoms. The molecule has 1 fully saturated rings. The van der Waals surface area contributed by atoms with Crippen LogP contribution < -0.4 is 10.5 Å². The Bertz CT molecular complexity index is 589. The van der Waals surface area contributed by atoms with Crippen molar-refractivity contribution in [2.24, 2.45) is 5.92 Å². The molecule has 1 saturated carbocycles. The first kappa shape index (κ1) is 13.1. The summed E-state index contributed by atoms with van der Waals surface area (Å²) >= 11 is 0. The van der Waals surface area contributed by atoms with Crippen LogP contribution in [0, 0.1) is 5.92 Å². The van der Waals surface area contributed by atoms with E-state index in [1.165, 1.54) is 32.1 Å². The van der Waals surface area contributed by atoms with Crippen molar-refractivity contribution in [2.45, 2.75) is 45.6 Å². The summed E-state index contributed by atoms with van der Waals surface area (Å²) < 4.78 is 7.94. The third-order valence-electron chi connectivity index (χ3n) is 3.98. The maximum absolute atomic E-state index is 5.95. The molecule has 2 aromatic heterocycles. The van der Waals surface area contributed by atoms with Gasteiger partial charge in [-0.2, -0.15) is 9.97 Å². The Balaban J connectivity index is 1.83. The lowest BCUT2D eigenvalue weighted by Gasteiger charge is -2.21. The van der Waals surface area contributed by atoms with Crippen LogP contribution in [0.3, 0.4) is 0 Å². The minimum Gasteiger partial charge on any atom is -0.476 e. The number of anilines is 1.